The number of benzene rings is 2. The number of anilines is 1. The monoisotopic (exact) mass is 410 g/mol. The lowest BCUT2D eigenvalue weighted by molar-refractivity contribution is -0.898. The number of thiazole rings is 1. The van der Waals surface area contributed by atoms with E-state index in [0.29, 0.717) is 23.7 Å². The summed E-state index contributed by atoms with van der Waals surface area (Å²) in [5, 5.41) is 4.04. The zero-order chi connectivity index (χ0) is 20.2. The van der Waals surface area contributed by atoms with E-state index in [1.165, 1.54) is 21.7 Å². The second-order valence-corrected chi connectivity index (χ2v) is 8.39. The number of esters is 1. The normalized spacial score (nSPS) is 19.1. The topological polar surface area (TPSA) is 72.7 Å². The number of hydrogen-bond donors (Lipinski definition) is 2. The first-order chi connectivity index (χ1) is 14.1. The van der Waals surface area contributed by atoms with Crippen molar-refractivity contribution < 1.29 is 19.2 Å². The molecule has 1 amide bonds. The maximum atomic E-state index is 12.6. The van der Waals surface area contributed by atoms with Crippen LogP contribution in [0.4, 0.5) is 5.69 Å². The van der Waals surface area contributed by atoms with Gasteiger partial charge >= 0.3 is 5.97 Å². The quantitative estimate of drug-likeness (QED) is 0.634. The number of aromatic nitrogens is 1. The average molecular weight is 411 g/mol. The Balaban J connectivity index is 1.41. The largest absolute Gasteiger partial charge is 0.465 e. The third-order valence-electron chi connectivity index (χ3n) is 5.29. The van der Waals surface area contributed by atoms with Crippen LogP contribution in [0.1, 0.15) is 34.1 Å². The second kappa shape index (κ2) is 8.71. The predicted molar refractivity (Wildman–Crippen MR) is 114 cm³/mol. The van der Waals surface area contributed by atoms with E-state index < -0.39 is 5.97 Å². The molecule has 1 aromatic heterocycles. The molecule has 1 aliphatic rings. The van der Waals surface area contributed by atoms with E-state index in [1.807, 2.05) is 12.1 Å². The Labute approximate surface area is 173 Å². The van der Waals surface area contributed by atoms with Gasteiger partial charge in [0.05, 0.1) is 47.6 Å². The summed E-state index contributed by atoms with van der Waals surface area (Å²) >= 11 is 1.76. The van der Waals surface area contributed by atoms with Gasteiger partial charge in [0.1, 0.15) is 5.01 Å². The lowest BCUT2D eigenvalue weighted by atomic mass is 9.99. The van der Waals surface area contributed by atoms with E-state index in [4.69, 9.17) is 9.72 Å². The standard InChI is InChI=1S/C22H23N3O3S/c1-28-22(27)16-8-2-3-9-17(16)23-20(26)14-25-12-6-7-15(13-25)21-24-18-10-4-5-11-19(18)29-21/h2-5,8-11,15H,6-7,12-14H2,1H3,(H,23,26)/p+1/t15-/m1/s1. The van der Waals surface area contributed by atoms with Crippen molar-refractivity contribution in [1.29, 1.82) is 0 Å². The third-order valence-corrected chi connectivity index (χ3v) is 6.49. The van der Waals surface area contributed by atoms with E-state index in [2.05, 4.69) is 17.4 Å². The zero-order valence-corrected chi connectivity index (χ0v) is 17.1. The number of piperidine rings is 1. The molecule has 0 radical (unpaired) electrons. The van der Waals surface area contributed by atoms with Crippen molar-refractivity contribution >= 4 is 39.1 Å². The molecule has 1 aliphatic heterocycles. The smallest absolute Gasteiger partial charge is 0.339 e. The minimum absolute atomic E-state index is 0.0960. The molecule has 29 heavy (non-hydrogen) atoms. The van der Waals surface area contributed by atoms with Crippen molar-refractivity contribution in [3.8, 4) is 0 Å². The van der Waals surface area contributed by atoms with Crippen LogP contribution in [0, 0.1) is 0 Å². The molecule has 2 aromatic carbocycles. The summed E-state index contributed by atoms with van der Waals surface area (Å²) in [7, 11) is 1.33. The number of ether oxygens (including phenoxy) is 1. The molecule has 1 fully saturated rings. The van der Waals surface area contributed by atoms with E-state index in [-0.39, 0.29) is 5.91 Å². The van der Waals surface area contributed by atoms with E-state index in [1.54, 1.807) is 35.6 Å². The van der Waals surface area contributed by atoms with Gasteiger partial charge in [0.15, 0.2) is 6.54 Å². The summed E-state index contributed by atoms with van der Waals surface area (Å²) in [6.07, 6.45) is 2.18. The Morgan fingerprint density at radius 3 is 2.83 bits per heavy atom. The highest BCUT2D eigenvalue weighted by Gasteiger charge is 2.28. The van der Waals surface area contributed by atoms with Gasteiger partial charge in [-0.05, 0) is 37.1 Å². The van der Waals surface area contributed by atoms with Crippen LogP contribution >= 0.6 is 11.3 Å². The molecule has 0 spiro atoms. The summed E-state index contributed by atoms with van der Waals surface area (Å²) in [5.74, 6) is -0.172. The number of hydrogen-bond acceptors (Lipinski definition) is 5. The molecule has 1 unspecified atom stereocenters. The molecular formula is C22H24N3O3S+. The molecule has 0 bridgehead atoms. The summed E-state index contributed by atoms with van der Waals surface area (Å²) < 4.78 is 6.01. The van der Waals surface area contributed by atoms with Crippen molar-refractivity contribution in [2.24, 2.45) is 0 Å². The maximum absolute atomic E-state index is 12.6. The van der Waals surface area contributed by atoms with Crippen LogP contribution < -0.4 is 10.2 Å². The Morgan fingerprint density at radius 1 is 1.21 bits per heavy atom. The molecule has 0 aliphatic carbocycles. The van der Waals surface area contributed by atoms with Gasteiger partial charge < -0.3 is 15.0 Å². The highest BCUT2D eigenvalue weighted by atomic mass is 32.1. The van der Waals surface area contributed by atoms with Crippen LogP contribution in [-0.4, -0.2) is 43.6 Å². The van der Waals surface area contributed by atoms with Gasteiger partial charge in [0.2, 0.25) is 0 Å². The first-order valence-corrected chi connectivity index (χ1v) is 10.6. The Bertz CT molecular complexity index is 1000. The van der Waals surface area contributed by atoms with Gasteiger partial charge in [-0.3, -0.25) is 4.79 Å². The van der Waals surface area contributed by atoms with Crippen molar-refractivity contribution in [3.05, 3.63) is 59.1 Å². The molecule has 1 saturated heterocycles. The van der Waals surface area contributed by atoms with Crippen molar-refractivity contribution in [1.82, 2.24) is 4.98 Å². The van der Waals surface area contributed by atoms with Gasteiger partial charge in [-0.15, -0.1) is 11.3 Å². The highest BCUT2D eigenvalue weighted by Crippen LogP contribution is 2.30. The molecule has 0 saturated carbocycles. The highest BCUT2D eigenvalue weighted by molar-refractivity contribution is 7.18. The van der Waals surface area contributed by atoms with Gasteiger partial charge in [-0.2, -0.15) is 0 Å². The zero-order valence-electron chi connectivity index (χ0n) is 16.3. The minimum Gasteiger partial charge on any atom is -0.465 e. The molecule has 2 N–H and O–H groups in total. The third kappa shape index (κ3) is 4.46. The summed E-state index contributed by atoms with van der Waals surface area (Å²) in [4.78, 5) is 30.6. The Kier molecular flexibility index (Phi) is 5.87. The number of methoxy groups -OCH3 is 1. The number of para-hydroxylation sites is 2. The van der Waals surface area contributed by atoms with Crippen LogP contribution in [0.3, 0.4) is 0 Å². The molecule has 2 heterocycles. The van der Waals surface area contributed by atoms with Gasteiger partial charge in [0.25, 0.3) is 5.91 Å². The fourth-order valence-electron chi connectivity index (χ4n) is 3.89. The van der Waals surface area contributed by atoms with Crippen LogP contribution in [0.5, 0.6) is 0 Å². The Hall–Kier alpha value is -2.77. The van der Waals surface area contributed by atoms with Crippen molar-refractivity contribution in [3.63, 3.8) is 0 Å². The number of fused-ring (bicyclic) bond motifs is 1. The first-order valence-electron chi connectivity index (χ1n) is 9.80. The van der Waals surface area contributed by atoms with Crippen LogP contribution in [0.25, 0.3) is 10.2 Å². The number of carbonyl (C=O) groups is 2. The molecular weight excluding hydrogens is 386 g/mol. The average Bonchev–Trinajstić information content (AvgIpc) is 3.18. The van der Waals surface area contributed by atoms with E-state index >= 15 is 0 Å². The molecule has 3 aromatic rings. The van der Waals surface area contributed by atoms with E-state index in [0.717, 1.165) is 31.4 Å². The molecule has 150 valence electrons. The molecule has 4 rings (SSSR count). The maximum Gasteiger partial charge on any atom is 0.339 e. The number of quaternary nitrogens is 1. The minimum atomic E-state index is -0.456. The number of likely N-dealkylation sites (tertiary alicyclic amines) is 1. The van der Waals surface area contributed by atoms with Crippen LogP contribution in [-0.2, 0) is 9.53 Å². The lowest BCUT2D eigenvalue weighted by Gasteiger charge is -2.28. The van der Waals surface area contributed by atoms with Gasteiger partial charge in [-0.1, -0.05) is 24.3 Å². The lowest BCUT2D eigenvalue weighted by Crippen LogP contribution is -3.14. The Morgan fingerprint density at radius 2 is 2.00 bits per heavy atom. The summed E-state index contributed by atoms with van der Waals surface area (Å²) in [5.41, 5.74) is 1.91. The van der Waals surface area contributed by atoms with E-state index in [9.17, 15) is 9.59 Å². The predicted octanol–water partition coefficient (Wildman–Crippen LogP) is 2.48. The van der Waals surface area contributed by atoms with Crippen molar-refractivity contribution in [2.75, 3.05) is 32.1 Å². The SMILES string of the molecule is COC(=O)c1ccccc1NC(=O)C[NH+]1CCC[C@@H](c2nc3ccccc3s2)C1. The number of carbonyl (C=O) groups excluding carboxylic acids is 2. The molecule has 6 nitrogen and oxygen atoms in total. The first kappa shape index (κ1) is 19.5. The molecule has 7 heteroatoms. The van der Waals surface area contributed by atoms with Gasteiger partial charge in [-0.25, -0.2) is 9.78 Å². The summed E-state index contributed by atoms with van der Waals surface area (Å²) in [6.45, 7) is 2.23. The summed E-state index contributed by atoms with van der Waals surface area (Å²) in [6, 6.07) is 15.1. The molecule has 2 atom stereocenters. The fourth-order valence-corrected chi connectivity index (χ4v) is 4.99. The van der Waals surface area contributed by atoms with Crippen molar-refractivity contribution in [2.45, 2.75) is 18.8 Å². The number of nitrogens with zero attached hydrogens (tertiary/aromatic N) is 1. The number of amides is 1. The second-order valence-electron chi connectivity index (χ2n) is 7.33. The number of rotatable bonds is 5. The number of nitrogens with one attached hydrogen (secondary N) is 2. The van der Waals surface area contributed by atoms with Gasteiger partial charge in [0, 0.05) is 0 Å². The van der Waals surface area contributed by atoms with Crippen LogP contribution in [0.15, 0.2) is 48.5 Å². The fraction of sp³-hybridized carbons (Fsp3) is 0.318. The van der Waals surface area contributed by atoms with Crippen LogP contribution in [0.2, 0.25) is 0 Å².